The maximum Gasteiger partial charge on any atom is 0.0673 e. The van der Waals surface area contributed by atoms with Crippen molar-refractivity contribution in [2.45, 2.75) is 19.8 Å². The van der Waals surface area contributed by atoms with Gasteiger partial charge in [0.05, 0.1) is 17.1 Å². The second-order valence-corrected chi connectivity index (χ2v) is 5.23. The van der Waals surface area contributed by atoms with Crippen LogP contribution in [-0.2, 0) is 12.8 Å². The molecule has 0 spiro atoms. The first-order valence-corrected chi connectivity index (χ1v) is 6.62. The molecule has 2 heterocycles. The lowest BCUT2D eigenvalue weighted by molar-refractivity contribution is 1.33. The summed E-state index contributed by atoms with van der Waals surface area (Å²) in [5, 5.41) is 0. The molecule has 2 aliphatic heterocycles. The molecule has 19 heavy (non-hydrogen) atoms. The Morgan fingerprint density at radius 2 is 1.53 bits per heavy atom. The number of hydrogen-bond acceptors (Lipinski definition) is 2. The molecule has 2 aromatic rings. The highest BCUT2D eigenvalue weighted by Crippen LogP contribution is 2.37. The topological polar surface area (TPSA) is 24.7 Å². The van der Waals surface area contributed by atoms with Crippen molar-refractivity contribution in [3.05, 3.63) is 59.2 Å². The molecule has 0 aromatic heterocycles. The van der Waals surface area contributed by atoms with Crippen molar-refractivity contribution >= 4 is 22.8 Å². The van der Waals surface area contributed by atoms with Crippen LogP contribution < -0.4 is 0 Å². The normalized spacial score (nSPS) is 15.8. The maximum atomic E-state index is 4.79. The summed E-state index contributed by atoms with van der Waals surface area (Å²) in [4.78, 5) is 9.38. The van der Waals surface area contributed by atoms with Crippen LogP contribution >= 0.6 is 0 Å². The lowest BCUT2D eigenvalue weighted by atomic mass is 10.0. The fourth-order valence-electron chi connectivity index (χ4n) is 2.84. The van der Waals surface area contributed by atoms with E-state index in [1.165, 1.54) is 28.1 Å². The number of benzene rings is 2. The van der Waals surface area contributed by atoms with Gasteiger partial charge in [0.2, 0.25) is 0 Å². The average molecular weight is 246 g/mol. The van der Waals surface area contributed by atoms with Gasteiger partial charge in [-0.25, -0.2) is 0 Å². The van der Waals surface area contributed by atoms with Crippen LogP contribution in [0.4, 0.5) is 11.4 Å². The van der Waals surface area contributed by atoms with Crippen molar-refractivity contribution in [2.75, 3.05) is 0 Å². The molecular formula is C17H14N2. The third-order valence-electron chi connectivity index (χ3n) is 3.76. The van der Waals surface area contributed by atoms with E-state index in [-0.39, 0.29) is 0 Å². The van der Waals surface area contributed by atoms with Gasteiger partial charge in [-0.2, -0.15) is 0 Å². The summed E-state index contributed by atoms with van der Waals surface area (Å²) < 4.78 is 0. The van der Waals surface area contributed by atoms with E-state index in [2.05, 4.69) is 48.3 Å². The van der Waals surface area contributed by atoms with E-state index in [0.29, 0.717) is 0 Å². The molecule has 0 unspecified atom stereocenters. The van der Waals surface area contributed by atoms with Crippen LogP contribution in [0, 0.1) is 0 Å². The minimum atomic E-state index is 0.918. The molecule has 0 fully saturated rings. The van der Waals surface area contributed by atoms with E-state index < -0.39 is 0 Å². The molecule has 0 saturated heterocycles. The molecule has 2 aromatic carbocycles. The first-order chi connectivity index (χ1) is 9.29. The highest BCUT2D eigenvalue weighted by atomic mass is 14.8. The average Bonchev–Trinajstić information content (AvgIpc) is 2.98. The first kappa shape index (κ1) is 10.7. The molecule has 2 nitrogen and oxygen atoms in total. The van der Waals surface area contributed by atoms with Crippen LogP contribution in [0.2, 0.25) is 0 Å². The number of aliphatic imine (C=N–C) groups is 2. The van der Waals surface area contributed by atoms with E-state index in [4.69, 9.17) is 4.99 Å². The molecule has 4 rings (SSSR count). The monoisotopic (exact) mass is 246 g/mol. The van der Waals surface area contributed by atoms with Gasteiger partial charge in [-0.05, 0) is 35.7 Å². The van der Waals surface area contributed by atoms with Gasteiger partial charge in [-0.1, -0.05) is 30.3 Å². The molecule has 0 radical (unpaired) electrons. The predicted molar refractivity (Wildman–Crippen MR) is 79.3 cm³/mol. The predicted octanol–water partition coefficient (Wildman–Crippen LogP) is 4.01. The molecule has 0 N–H and O–H groups in total. The molecule has 92 valence electrons. The fraction of sp³-hybridized carbons (Fsp3) is 0.176. The second kappa shape index (κ2) is 3.89. The summed E-state index contributed by atoms with van der Waals surface area (Å²) in [5.74, 6) is 0. The van der Waals surface area contributed by atoms with Crippen molar-refractivity contribution in [3.8, 4) is 0 Å². The van der Waals surface area contributed by atoms with Gasteiger partial charge in [0.1, 0.15) is 0 Å². The van der Waals surface area contributed by atoms with Crippen LogP contribution in [0.3, 0.4) is 0 Å². The van der Waals surface area contributed by atoms with E-state index in [9.17, 15) is 0 Å². The van der Waals surface area contributed by atoms with Crippen LogP contribution in [0.1, 0.15) is 23.6 Å². The molecule has 0 saturated carbocycles. The van der Waals surface area contributed by atoms with Crippen molar-refractivity contribution in [2.24, 2.45) is 9.98 Å². The van der Waals surface area contributed by atoms with E-state index in [1.807, 2.05) is 6.07 Å². The smallest absolute Gasteiger partial charge is 0.0673 e. The van der Waals surface area contributed by atoms with E-state index in [1.54, 1.807) is 0 Å². The Hall–Kier alpha value is -2.22. The summed E-state index contributed by atoms with van der Waals surface area (Å²) in [6.07, 6.45) is 1.89. The Morgan fingerprint density at radius 3 is 2.32 bits per heavy atom. The number of fused-ring (bicyclic) bond motifs is 2. The van der Waals surface area contributed by atoms with Gasteiger partial charge in [0, 0.05) is 18.6 Å². The lowest BCUT2D eigenvalue weighted by Gasteiger charge is -2.01. The summed E-state index contributed by atoms with van der Waals surface area (Å²) >= 11 is 0. The van der Waals surface area contributed by atoms with Gasteiger partial charge in [0.25, 0.3) is 0 Å². The van der Waals surface area contributed by atoms with Crippen molar-refractivity contribution in [1.82, 2.24) is 0 Å². The quantitative estimate of drug-likeness (QED) is 0.726. The highest BCUT2D eigenvalue weighted by Gasteiger charge is 2.20. The SMILES string of the molecule is CC1=Nc2cc3c(cc2C1)N=C(c1ccccc1)C3. The molecule has 0 aliphatic carbocycles. The Balaban J connectivity index is 1.75. The molecule has 0 amide bonds. The minimum absolute atomic E-state index is 0.918. The van der Waals surface area contributed by atoms with Gasteiger partial charge in [0.15, 0.2) is 0 Å². The summed E-state index contributed by atoms with van der Waals surface area (Å²) in [5.41, 5.74) is 8.47. The summed E-state index contributed by atoms with van der Waals surface area (Å²) in [6.45, 7) is 2.09. The van der Waals surface area contributed by atoms with Crippen LogP contribution in [-0.4, -0.2) is 11.4 Å². The number of nitrogens with zero attached hydrogens (tertiary/aromatic N) is 2. The zero-order chi connectivity index (χ0) is 12.8. The van der Waals surface area contributed by atoms with Crippen LogP contribution in [0.5, 0.6) is 0 Å². The second-order valence-electron chi connectivity index (χ2n) is 5.23. The van der Waals surface area contributed by atoms with Crippen LogP contribution in [0.15, 0.2) is 52.4 Å². The third kappa shape index (κ3) is 1.72. The minimum Gasteiger partial charge on any atom is -0.257 e. The summed E-state index contributed by atoms with van der Waals surface area (Å²) in [6, 6.07) is 14.8. The van der Waals surface area contributed by atoms with E-state index in [0.717, 1.165) is 24.2 Å². The zero-order valence-corrected chi connectivity index (χ0v) is 10.9. The van der Waals surface area contributed by atoms with Crippen LogP contribution in [0.25, 0.3) is 0 Å². The number of hydrogen-bond donors (Lipinski definition) is 0. The van der Waals surface area contributed by atoms with Crippen molar-refractivity contribution < 1.29 is 0 Å². The Bertz CT molecular complexity index is 724. The van der Waals surface area contributed by atoms with E-state index >= 15 is 0 Å². The Kier molecular flexibility index (Phi) is 2.18. The van der Waals surface area contributed by atoms with Gasteiger partial charge in [-0.3, -0.25) is 9.98 Å². The molecular weight excluding hydrogens is 232 g/mol. The summed E-state index contributed by atoms with van der Waals surface area (Å²) in [7, 11) is 0. The lowest BCUT2D eigenvalue weighted by Crippen LogP contribution is -1.99. The van der Waals surface area contributed by atoms with Crippen molar-refractivity contribution in [3.63, 3.8) is 0 Å². The third-order valence-corrected chi connectivity index (χ3v) is 3.76. The molecule has 2 heteroatoms. The highest BCUT2D eigenvalue weighted by molar-refractivity contribution is 6.07. The van der Waals surface area contributed by atoms with Gasteiger partial charge >= 0.3 is 0 Å². The number of rotatable bonds is 1. The maximum absolute atomic E-state index is 4.79. The van der Waals surface area contributed by atoms with Gasteiger partial charge in [-0.15, -0.1) is 0 Å². The van der Waals surface area contributed by atoms with Gasteiger partial charge < -0.3 is 0 Å². The Morgan fingerprint density at radius 1 is 0.842 bits per heavy atom. The largest absolute Gasteiger partial charge is 0.257 e. The van der Waals surface area contributed by atoms with Crippen molar-refractivity contribution in [1.29, 1.82) is 0 Å². The zero-order valence-electron chi connectivity index (χ0n) is 10.9. The Labute approximate surface area is 112 Å². The molecule has 2 aliphatic rings. The molecule has 0 atom stereocenters. The standard InChI is InChI=1S/C17H14N2/c1-11-7-13-8-17-14(10-16(13)18-11)9-15(19-17)12-5-3-2-4-6-12/h2-6,8,10H,7,9H2,1H3. The first-order valence-electron chi connectivity index (χ1n) is 6.62. The molecule has 0 bridgehead atoms. The fourth-order valence-corrected chi connectivity index (χ4v) is 2.84.